The highest BCUT2D eigenvalue weighted by Gasteiger charge is 2.49. The molecule has 20 heteroatoms. The Morgan fingerprint density at radius 2 is 1.66 bits per heavy atom. The van der Waals surface area contributed by atoms with Gasteiger partial charge in [-0.2, -0.15) is 12.8 Å². The molecule has 0 radical (unpaired) electrons. The van der Waals surface area contributed by atoms with E-state index in [0.717, 1.165) is 15.8 Å². The van der Waals surface area contributed by atoms with E-state index in [0.29, 0.717) is 59.7 Å². The summed E-state index contributed by atoms with van der Waals surface area (Å²) in [4.78, 5) is 33.1. The molecule has 362 valence electrons. The molecule has 1 aliphatic carbocycles. The first-order chi connectivity index (χ1) is 31.0. The van der Waals surface area contributed by atoms with Crippen LogP contribution in [0.3, 0.4) is 0 Å². The third kappa shape index (κ3) is 9.91. The third-order valence-electron chi connectivity index (χ3n) is 13.0. The number of halogens is 1. The number of ether oxygens (including phenoxy) is 1. The Balaban J connectivity index is 1.51. The highest BCUT2D eigenvalue weighted by Crippen LogP contribution is 2.48. The number of aromatic nitrogens is 6. The predicted molar refractivity (Wildman–Crippen MR) is 259 cm³/mol. The number of alkyl carbamates (subject to hydrolysis) is 1. The van der Waals surface area contributed by atoms with Crippen molar-refractivity contribution in [3.8, 4) is 22.4 Å². The van der Waals surface area contributed by atoms with Gasteiger partial charge in [-0.25, -0.2) is 27.0 Å². The van der Waals surface area contributed by atoms with Gasteiger partial charge in [0, 0.05) is 31.9 Å². The zero-order valence-corrected chi connectivity index (χ0v) is 42.9. The van der Waals surface area contributed by atoms with Crippen LogP contribution in [0.5, 0.6) is 0 Å². The van der Waals surface area contributed by atoms with Gasteiger partial charge in [0.05, 0.1) is 63.3 Å². The van der Waals surface area contributed by atoms with Gasteiger partial charge in [-0.15, -0.1) is 5.10 Å². The molecule has 7 rings (SSSR count). The van der Waals surface area contributed by atoms with Crippen LogP contribution in [0.4, 0.5) is 9.18 Å². The summed E-state index contributed by atoms with van der Waals surface area (Å²) in [6.45, 7) is 18.0. The number of aryl methyl sites for hydroxylation is 3. The van der Waals surface area contributed by atoms with Crippen molar-refractivity contribution >= 4 is 56.6 Å². The summed E-state index contributed by atoms with van der Waals surface area (Å²) in [5, 5.41) is 7.23. The highest BCUT2D eigenvalue weighted by atomic mass is 32.2. The van der Waals surface area contributed by atoms with E-state index in [1.54, 1.807) is 62.7 Å². The summed E-state index contributed by atoms with van der Waals surface area (Å²) >= 11 is 0. The second kappa shape index (κ2) is 17.7. The molecule has 67 heavy (non-hydrogen) atoms. The minimum Gasteiger partial charge on any atom is -0.444 e. The molecule has 4 aromatic heterocycles. The van der Waals surface area contributed by atoms with E-state index in [4.69, 9.17) is 18.3 Å². The number of hydrogen-bond donors (Lipinski definition) is 1. The van der Waals surface area contributed by atoms with Crippen molar-refractivity contribution in [2.75, 3.05) is 12.9 Å². The Kier molecular flexibility index (Phi) is 13.2. The monoisotopic (exact) mass is 979 g/mol. The molecule has 1 aliphatic rings. The average Bonchev–Trinajstić information content (AvgIpc) is 3.83. The summed E-state index contributed by atoms with van der Waals surface area (Å²) in [5.41, 5.74) is 0.216. The van der Waals surface area contributed by atoms with Crippen LogP contribution in [0.1, 0.15) is 85.8 Å². The lowest BCUT2D eigenvalue weighted by Crippen LogP contribution is -2.62. The summed E-state index contributed by atoms with van der Waals surface area (Å²) in [6.07, 6.45) is 4.69. The number of fused-ring (bicyclic) bond motifs is 3. The van der Waals surface area contributed by atoms with Gasteiger partial charge < -0.3 is 14.5 Å². The van der Waals surface area contributed by atoms with Gasteiger partial charge in [-0.05, 0) is 101 Å². The summed E-state index contributed by atoms with van der Waals surface area (Å²) in [6, 6.07) is 14.5. The van der Waals surface area contributed by atoms with Crippen LogP contribution in [-0.4, -0.2) is 89.2 Å². The molecule has 1 fully saturated rings. The molecule has 0 saturated heterocycles. The second-order valence-electron chi connectivity index (χ2n) is 20.4. The van der Waals surface area contributed by atoms with Gasteiger partial charge in [0.15, 0.2) is 14.0 Å². The summed E-state index contributed by atoms with van der Waals surface area (Å²) < 4.78 is 93.2. The quantitative estimate of drug-likeness (QED) is 0.0665. The Hall–Kier alpha value is -5.15. The smallest absolute Gasteiger partial charge is 0.408 e. The molecule has 0 aliphatic heterocycles. The van der Waals surface area contributed by atoms with Crippen molar-refractivity contribution < 1.29 is 39.4 Å². The number of amides is 1. The maximum absolute atomic E-state index is 16.4. The fraction of sp³-hybridized carbons (Fsp3) is 0.489. The number of carbonyl (C=O) groups is 1. The van der Waals surface area contributed by atoms with Crippen molar-refractivity contribution in [2.45, 2.75) is 127 Å². The molecule has 2 aromatic carbocycles. The minimum atomic E-state index is -4.54. The van der Waals surface area contributed by atoms with Crippen molar-refractivity contribution in [2.24, 2.45) is 14.1 Å². The SMILES string of the molecule is Cn1cc(-c2c(-c3ccc(CCCOS(C)(=O)=O)cc3)c3c(ncc4c3n([C@H]3CC[C@@](C)(NC(=O)OC(C)(C)C)[C@H](O[Si](C)(C)C(C)(C)C)C3)c(=O)n4C)n2S(=O)(=O)c2ccccc2)c(F)n1. The first kappa shape index (κ1) is 49.7. The van der Waals surface area contributed by atoms with Gasteiger partial charge in [-0.1, -0.05) is 63.2 Å². The zero-order chi connectivity index (χ0) is 49.2. The number of hydrogen-bond acceptors (Lipinski definition) is 11. The normalized spacial score (nSPS) is 18.8. The lowest BCUT2D eigenvalue weighted by atomic mass is 9.78. The summed E-state index contributed by atoms with van der Waals surface area (Å²) in [7, 11) is -7.52. The number of benzene rings is 2. The van der Waals surface area contributed by atoms with E-state index in [1.165, 1.54) is 40.8 Å². The first-order valence-corrected chi connectivity index (χ1v) is 28.5. The number of nitrogens with zero attached hydrogens (tertiary/aromatic N) is 6. The Labute approximate surface area is 392 Å². The summed E-state index contributed by atoms with van der Waals surface area (Å²) in [5.74, 6) is -0.921. The molecule has 0 bridgehead atoms. The Morgan fingerprint density at radius 3 is 2.24 bits per heavy atom. The van der Waals surface area contributed by atoms with E-state index in [1.807, 2.05) is 19.1 Å². The van der Waals surface area contributed by atoms with E-state index in [-0.39, 0.29) is 39.1 Å². The van der Waals surface area contributed by atoms with Crippen LogP contribution in [0, 0.1) is 5.95 Å². The highest BCUT2D eigenvalue weighted by molar-refractivity contribution is 7.90. The molecule has 0 unspecified atom stereocenters. The van der Waals surface area contributed by atoms with Crippen LogP contribution >= 0.6 is 0 Å². The van der Waals surface area contributed by atoms with Gasteiger partial charge in [0.2, 0.25) is 5.95 Å². The van der Waals surface area contributed by atoms with Crippen molar-refractivity contribution in [3.05, 3.63) is 89.0 Å². The largest absolute Gasteiger partial charge is 0.444 e. The van der Waals surface area contributed by atoms with Gasteiger partial charge >= 0.3 is 11.8 Å². The lowest BCUT2D eigenvalue weighted by molar-refractivity contribution is 0.00459. The average molecular weight is 980 g/mol. The van der Waals surface area contributed by atoms with Crippen LogP contribution in [-0.2, 0) is 54.0 Å². The van der Waals surface area contributed by atoms with E-state index < -0.39 is 63.8 Å². The molecule has 1 amide bonds. The van der Waals surface area contributed by atoms with Crippen molar-refractivity contribution in [1.29, 1.82) is 0 Å². The van der Waals surface area contributed by atoms with Crippen LogP contribution in [0.25, 0.3) is 44.5 Å². The number of rotatable bonds is 13. The molecule has 16 nitrogen and oxygen atoms in total. The van der Waals surface area contributed by atoms with Gasteiger partial charge in [0.25, 0.3) is 20.1 Å². The Morgan fingerprint density at radius 1 is 1.00 bits per heavy atom. The molecule has 1 saturated carbocycles. The fourth-order valence-corrected chi connectivity index (χ4v) is 12.0. The maximum Gasteiger partial charge on any atom is 0.408 e. The molecule has 0 spiro atoms. The topological polar surface area (TPSA) is 188 Å². The fourth-order valence-electron chi connectivity index (χ4n) is 8.66. The van der Waals surface area contributed by atoms with Crippen molar-refractivity contribution in [3.63, 3.8) is 0 Å². The van der Waals surface area contributed by atoms with Crippen molar-refractivity contribution in [1.82, 2.24) is 33.2 Å². The number of pyridine rings is 1. The standard InChI is InChI=1S/C47H62FN7O9S2Si/c1-45(2,3)63-43(56)50-47(7)25-24-32(27-36(47)64-67(11,12)46(4,5)6)54-40-35(53(9)44(54)57)28-49-42-38(40)37(31-22-20-30(21-23-31)17-16-26-62-65(10,58)59)39(34-29-52(8)51-41(34)48)55(42)66(60,61)33-18-14-13-15-19-33/h13-15,18-23,28-29,32,36H,16-17,24-27H2,1-12H3,(H,50,56)/t32-,36+,47+/m0/s1. The van der Waals surface area contributed by atoms with E-state index in [9.17, 15) is 18.0 Å². The molecular formula is C47H62FN7O9S2Si. The van der Waals surface area contributed by atoms with E-state index >= 15 is 12.8 Å². The molecule has 6 aromatic rings. The number of carbonyl (C=O) groups excluding carboxylic acids is 1. The number of nitrogens with one attached hydrogen (secondary N) is 1. The molecule has 1 N–H and O–H groups in total. The third-order valence-corrected chi connectivity index (χ3v) is 19.8. The first-order valence-electron chi connectivity index (χ1n) is 22.3. The van der Waals surface area contributed by atoms with Crippen LogP contribution in [0.15, 0.2) is 76.7 Å². The minimum absolute atomic E-state index is 0.00971. The molecule has 3 atom stereocenters. The van der Waals surface area contributed by atoms with Crippen LogP contribution in [0.2, 0.25) is 18.1 Å². The Bertz CT molecular complexity index is 3130. The predicted octanol–water partition coefficient (Wildman–Crippen LogP) is 8.44. The lowest BCUT2D eigenvalue weighted by Gasteiger charge is -2.49. The molecular weight excluding hydrogens is 918 g/mol. The van der Waals surface area contributed by atoms with Gasteiger partial charge in [-0.3, -0.25) is 18.0 Å². The van der Waals surface area contributed by atoms with Gasteiger partial charge in [0.1, 0.15) is 5.60 Å². The zero-order valence-electron chi connectivity index (χ0n) is 40.3. The van der Waals surface area contributed by atoms with E-state index in [2.05, 4.69) is 44.3 Å². The number of imidazole rings is 1. The maximum atomic E-state index is 16.4. The second-order valence-corrected chi connectivity index (χ2v) is 28.6. The van der Waals surface area contributed by atoms with Crippen LogP contribution < -0.4 is 11.0 Å². The molecule has 4 heterocycles.